The van der Waals surface area contributed by atoms with Crippen molar-refractivity contribution >= 4 is 39.5 Å². The van der Waals surface area contributed by atoms with Crippen molar-refractivity contribution in [2.24, 2.45) is 5.92 Å². The fourth-order valence-electron chi connectivity index (χ4n) is 15.6. The first-order valence-corrected chi connectivity index (χ1v) is 53.7. The Kier molecular flexibility index (Phi) is 88.8. The van der Waals surface area contributed by atoms with Gasteiger partial charge in [0, 0.05) is 25.7 Å². The van der Waals surface area contributed by atoms with Crippen molar-refractivity contribution in [2.75, 3.05) is 39.6 Å². The van der Waals surface area contributed by atoms with Gasteiger partial charge in [-0.15, -0.1) is 0 Å². The van der Waals surface area contributed by atoms with Crippen molar-refractivity contribution in [3.63, 3.8) is 0 Å². The molecule has 6 atom stereocenters. The second-order valence-electron chi connectivity index (χ2n) is 35.4. The summed E-state index contributed by atoms with van der Waals surface area (Å²) in [6.07, 6.45) is 89.3. The number of carbonyl (C=O) groups excluding carboxylic acids is 4. The number of esters is 4. The molecule has 0 aromatic rings. The second kappa shape index (κ2) is 90.3. The summed E-state index contributed by atoms with van der Waals surface area (Å²) >= 11 is 0. The number of phosphoric ester groups is 2. The van der Waals surface area contributed by atoms with Crippen LogP contribution in [0.4, 0.5) is 0 Å². The molecule has 0 radical (unpaired) electrons. The molecule has 696 valence electrons. The summed E-state index contributed by atoms with van der Waals surface area (Å²) < 4.78 is 69.3. The third-order valence-corrected chi connectivity index (χ3v) is 25.5. The average Bonchev–Trinajstić information content (AvgIpc) is 0.894. The van der Waals surface area contributed by atoms with Gasteiger partial charge in [-0.1, -0.05) is 490 Å². The molecule has 0 saturated carbocycles. The number of hydrogen-bond donors (Lipinski definition) is 3. The van der Waals surface area contributed by atoms with E-state index in [1.165, 1.54) is 366 Å². The van der Waals surface area contributed by atoms with Gasteiger partial charge in [-0.25, -0.2) is 9.13 Å². The lowest BCUT2D eigenvalue weighted by Gasteiger charge is -2.21. The fraction of sp³-hybridized carbons (Fsp3) is 0.959. The molecular weight excluding hydrogens is 1510 g/mol. The van der Waals surface area contributed by atoms with Crippen molar-refractivity contribution in [1.29, 1.82) is 0 Å². The largest absolute Gasteiger partial charge is 0.472 e. The molecule has 0 rings (SSSR count). The smallest absolute Gasteiger partial charge is 0.462 e. The highest BCUT2D eigenvalue weighted by molar-refractivity contribution is 7.47. The monoisotopic (exact) mass is 1700 g/mol. The molecule has 117 heavy (non-hydrogen) atoms. The van der Waals surface area contributed by atoms with Crippen molar-refractivity contribution in [1.82, 2.24) is 0 Å². The van der Waals surface area contributed by atoms with E-state index < -0.39 is 97.5 Å². The molecule has 0 aliphatic rings. The molecule has 0 heterocycles. The van der Waals surface area contributed by atoms with E-state index in [-0.39, 0.29) is 25.7 Å². The summed E-state index contributed by atoms with van der Waals surface area (Å²) in [5, 5.41) is 10.7. The van der Waals surface area contributed by atoms with Crippen LogP contribution in [0, 0.1) is 5.92 Å². The molecule has 17 nitrogen and oxygen atoms in total. The van der Waals surface area contributed by atoms with Gasteiger partial charge in [0.2, 0.25) is 0 Å². The van der Waals surface area contributed by atoms with Gasteiger partial charge in [-0.05, 0) is 31.6 Å². The zero-order valence-electron chi connectivity index (χ0n) is 77.4. The number of unbranched alkanes of at least 4 members (excludes halogenated alkanes) is 69. The van der Waals surface area contributed by atoms with Gasteiger partial charge in [0.05, 0.1) is 26.4 Å². The van der Waals surface area contributed by atoms with Crippen molar-refractivity contribution in [2.45, 2.75) is 560 Å². The minimum absolute atomic E-state index is 0.109. The summed E-state index contributed by atoms with van der Waals surface area (Å²) in [7, 11) is -9.95. The number of rotatable bonds is 98. The molecule has 0 aliphatic carbocycles. The molecule has 0 aromatic carbocycles. The number of phosphoric acid groups is 2. The van der Waals surface area contributed by atoms with Crippen molar-refractivity contribution < 1.29 is 80.2 Å². The van der Waals surface area contributed by atoms with Crippen LogP contribution in [-0.2, 0) is 65.4 Å². The van der Waals surface area contributed by atoms with E-state index in [0.717, 1.165) is 95.8 Å². The van der Waals surface area contributed by atoms with Gasteiger partial charge in [0.1, 0.15) is 19.3 Å². The van der Waals surface area contributed by atoms with Crippen LogP contribution in [-0.4, -0.2) is 96.7 Å². The number of aliphatic hydroxyl groups is 1. The van der Waals surface area contributed by atoms with Gasteiger partial charge in [-0.2, -0.15) is 0 Å². The molecule has 0 aliphatic heterocycles. The second-order valence-corrected chi connectivity index (χ2v) is 38.3. The molecule has 0 fully saturated rings. The van der Waals surface area contributed by atoms with Crippen LogP contribution < -0.4 is 0 Å². The van der Waals surface area contributed by atoms with Crippen LogP contribution in [0.25, 0.3) is 0 Å². The highest BCUT2D eigenvalue weighted by Crippen LogP contribution is 2.45. The Morgan fingerprint density at radius 2 is 0.410 bits per heavy atom. The average molecular weight is 1700 g/mol. The standard InChI is InChI=1S/C98H192O17P2/c1-6-10-13-16-19-22-25-28-31-34-37-40-43-45-48-51-54-57-60-66-71-76-81-95(100)108-87-93(114-97(102)83-78-73-69-62-59-56-53-50-47-44-41-38-35-32-29-26-23-20-17-14-11-7-2)89-112-116(104,105)110-85-92(99)86-111-117(106,107)113-90-94(88-109-96(101)82-77-72-67-64-63-65-70-75-80-91(5)9-4)115-98(103)84-79-74-68-61-58-55-52-49-46-42-39-36-33-30-27-24-21-18-15-12-8-3/h91-94,99H,6-90H2,1-5H3,(H,104,105)(H,106,107)/t91?,92-,93-,94-/m1/s1. The van der Waals surface area contributed by atoms with Crippen LogP contribution in [0.3, 0.4) is 0 Å². The molecule has 0 saturated heterocycles. The third-order valence-electron chi connectivity index (χ3n) is 23.6. The lowest BCUT2D eigenvalue weighted by molar-refractivity contribution is -0.161. The Balaban J connectivity index is 5.23. The van der Waals surface area contributed by atoms with Crippen molar-refractivity contribution in [3.8, 4) is 0 Å². The molecule has 0 aromatic heterocycles. The van der Waals surface area contributed by atoms with Gasteiger partial charge in [0.15, 0.2) is 12.2 Å². The first-order chi connectivity index (χ1) is 57.1. The highest BCUT2D eigenvalue weighted by atomic mass is 31.2. The minimum Gasteiger partial charge on any atom is -0.462 e. The molecule has 0 amide bonds. The number of carbonyl (C=O) groups is 4. The molecule has 3 N–H and O–H groups in total. The third kappa shape index (κ3) is 90.1. The van der Waals surface area contributed by atoms with Crippen LogP contribution in [0.2, 0.25) is 0 Å². The van der Waals surface area contributed by atoms with E-state index in [4.69, 9.17) is 37.0 Å². The lowest BCUT2D eigenvalue weighted by atomic mass is 9.99. The SMILES string of the molecule is CCCCCCCCCCCCCCCCCCCCCCCCC(=O)OC[C@H](COP(=O)(O)OC[C@@H](O)COP(=O)(O)OC[C@@H](COC(=O)CCCCCCCCCCC(C)CC)OC(=O)CCCCCCCCCCCCCCCCCCCCCCC)OC(=O)CCCCCCCCCCCCCCCCCCCCCCCC. The molecule has 0 spiro atoms. The van der Waals surface area contributed by atoms with E-state index in [0.29, 0.717) is 25.7 Å². The van der Waals surface area contributed by atoms with Gasteiger partial charge >= 0.3 is 39.5 Å². The van der Waals surface area contributed by atoms with Crippen LogP contribution in [0.5, 0.6) is 0 Å². The Morgan fingerprint density at radius 3 is 0.607 bits per heavy atom. The maximum atomic E-state index is 13.2. The maximum absolute atomic E-state index is 13.2. The van der Waals surface area contributed by atoms with E-state index in [1.807, 2.05) is 0 Å². The van der Waals surface area contributed by atoms with Crippen LogP contribution >= 0.6 is 15.6 Å². The quantitative estimate of drug-likeness (QED) is 0.0222. The fourth-order valence-corrected chi connectivity index (χ4v) is 17.1. The lowest BCUT2D eigenvalue weighted by Crippen LogP contribution is -2.30. The predicted octanol–water partition coefficient (Wildman–Crippen LogP) is 31.1. The predicted molar refractivity (Wildman–Crippen MR) is 488 cm³/mol. The van der Waals surface area contributed by atoms with E-state index >= 15 is 0 Å². The molecule has 3 unspecified atom stereocenters. The van der Waals surface area contributed by atoms with E-state index in [1.54, 1.807) is 0 Å². The number of hydrogen-bond acceptors (Lipinski definition) is 15. The summed E-state index contributed by atoms with van der Waals surface area (Å²) in [5.41, 5.74) is 0. The highest BCUT2D eigenvalue weighted by Gasteiger charge is 2.31. The van der Waals surface area contributed by atoms with Crippen molar-refractivity contribution in [3.05, 3.63) is 0 Å². The van der Waals surface area contributed by atoms with Gasteiger partial charge in [-0.3, -0.25) is 37.3 Å². The zero-order chi connectivity index (χ0) is 85.4. The molecule has 19 heteroatoms. The Hall–Kier alpha value is -1.94. The molecule has 0 bridgehead atoms. The summed E-state index contributed by atoms with van der Waals surface area (Å²) in [6.45, 7) is 7.43. The zero-order valence-corrected chi connectivity index (χ0v) is 79.2. The summed E-state index contributed by atoms with van der Waals surface area (Å²) in [6, 6.07) is 0. The van der Waals surface area contributed by atoms with Gasteiger partial charge < -0.3 is 33.8 Å². The van der Waals surface area contributed by atoms with E-state index in [9.17, 15) is 43.2 Å². The summed E-state index contributed by atoms with van der Waals surface area (Å²) in [5.74, 6) is -1.31. The van der Waals surface area contributed by atoms with E-state index in [2.05, 4.69) is 34.6 Å². The number of aliphatic hydroxyl groups excluding tert-OH is 1. The Bertz CT molecular complexity index is 2210. The van der Waals surface area contributed by atoms with Gasteiger partial charge in [0.25, 0.3) is 0 Å². The topological polar surface area (TPSA) is 237 Å². The Morgan fingerprint density at radius 1 is 0.239 bits per heavy atom. The number of ether oxygens (including phenoxy) is 4. The Labute approximate surface area is 721 Å². The first-order valence-electron chi connectivity index (χ1n) is 50.7. The minimum atomic E-state index is -4.97. The maximum Gasteiger partial charge on any atom is 0.472 e. The summed E-state index contributed by atoms with van der Waals surface area (Å²) in [4.78, 5) is 73.7. The first kappa shape index (κ1) is 115. The molecular formula is C98H192O17P2. The van der Waals surface area contributed by atoms with Crippen LogP contribution in [0.15, 0.2) is 0 Å². The van der Waals surface area contributed by atoms with Crippen LogP contribution in [0.1, 0.15) is 542 Å². The normalized spacial score (nSPS) is 13.8.